The summed E-state index contributed by atoms with van der Waals surface area (Å²) < 4.78 is 27.8. The van der Waals surface area contributed by atoms with Crippen LogP contribution < -0.4 is 16.1 Å². The van der Waals surface area contributed by atoms with Gasteiger partial charge in [0, 0.05) is 34.9 Å². The van der Waals surface area contributed by atoms with Crippen molar-refractivity contribution < 1.29 is 18.4 Å². The molecule has 0 saturated heterocycles. The fourth-order valence-corrected chi connectivity index (χ4v) is 4.04. The first-order valence-electron chi connectivity index (χ1n) is 10.0. The third kappa shape index (κ3) is 3.39. The molecule has 1 aliphatic rings. The first kappa shape index (κ1) is 19.9. The lowest BCUT2D eigenvalue weighted by molar-refractivity contribution is 0.0942. The van der Waals surface area contributed by atoms with Crippen molar-refractivity contribution in [3.8, 4) is 0 Å². The van der Waals surface area contributed by atoms with Crippen LogP contribution in [0.4, 0.5) is 8.78 Å². The Morgan fingerprint density at radius 1 is 0.969 bits per heavy atom. The number of nitrogens with one attached hydrogen (secondary N) is 3. The summed E-state index contributed by atoms with van der Waals surface area (Å²) in [5, 5.41) is 5.52. The summed E-state index contributed by atoms with van der Waals surface area (Å²) in [5.41, 5.74) is 2.12. The largest absolute Gasteiger partial charge is 0.354 e. The molecule has 3 aromatic carbocycles. The van der Waals surface area contributed by atoms with E-state index < -0.39 is 23.0 Å². The molecule has 0 radical (unpaired) electrons. The number of H-pyrrole nitrogens is 1. The van der Waals surface area contributed by atoms with Gasteiger partial charge in [0.2, 0.25) is 0 Å². The van der Waals surface area contributed by atoms with Gasteiger partial charge in [-0.3, -0.25) is 14.4 Å². The number of hydrogen-bond acceptors (Lipinski definition) is 3. The van der Waals surface area contributed by atoms with Gasteiger partial charge in [0.25, 0.3) is 11.8 Å². The predicted molar refractivity (Wildman–Crippen MR) is 116 cm³/mol. The van der Waals surface area contributed by atoms with Gasteiger partial charge in [-0.25, -0.2) is 8.78 Å². The summed E-state index contributed by atoms with van der Waals surface area (Å²) in [6.45, 7) is 0.703. The zero-order valence-electron chi connectivity index (χ0n) is 16.7. The summed E-state index contributed by atoms with van der Waals surface area (Å²) in [4.78, 5) is 40.7. The number of halogens is 2. The zero-order valence-corrected chi connectivity index (χ0v) is 16.7. The lowest BCUT2D eigenvalue weighted by atomic mass is 9.98. The fraction of sp³-hybridized carbons (Fsp3) is 0.125. The van der Waals surface area contributed by atoms with E-state index in [-0.39, 0.29) is 34.3 Å². The number of benzene rings is 3. The topological polar surface area (TPSA) is 91.1 Å². The van der Waals surface area contributed by atoms with E-state index in [1.807, 2.05) is 12.1 Å². The number of hydrogen-bond donors (Lipinski definition) is 3. The second-order valence-electron chi connectivity index (χ2n) is 7.70. The summed E-state index contributed by atoms with van der Waals surface area (Å²) >= 11 is 0. The van der Waals surface area contributed by atoms with Crippen molar-refractivity contribution in [1.82, 2.24) is 15.6 Å². The number of fused-ring (bicyclic) bond motifs is 3. The van der Waals surface area contributed by atoms with E-state index in [4.69, 9.17) is 0 Å². The van der Waals surface area contributed by atoms with Crippen LogP contribution in [0.15, 0.2) is 53.3 Å². The quantitative estimate of drug-likeness (QED) is 0.434. The number of aromatic amines is 1. The highest BCUT2D eigenvalue weighted by Gasteiger charge is 2.19. The van der Waals surface area contributed by atoms with E-state index in [1.54, 1.807) is 6.07 Å². The van der Waals surface area contributed by atoms with Crippen LogP contribution in [0.2, 0.25) is 0 Å². The molecule has 0 aliphatic carbocycles. The molecule has 160 valence electrons. The van der Waals surface area contributed by atoms with Crippen molar-refractivity contribution in [3.05, 3.63) is 92.6 Å². The summed E-state index contributed by atoms with van der Waals surface area (Å²) in [7, 11) is 0. The molecule has 5 rings (SSSR count). The van der Waals surface area contributed by atoms with Gasteiger partial charge in [-0.2, -0.15) is 0 Å². The van der Waals surface area contributed by atoms with Crippen LogP contribution in [-0.4, -0.2) is 23.3 Å². The average molecular weight is 433 g/mol. The smallest absolute Gasteiger partial charge is 0.253 e. The van der Waals surface area contributed by atoms with Gasteiger partial charge in [-0.1, -0.05) is 12.1 Å². The Kier molecular flexibility index (Phi) is 4.70. The highest BCUT2D eigenvalue weighted by molar-refractivity contribution is 6.07. The van der Waals surface area contributed by atoms with E-state index in [9.17, 15) is 23.2 Å². The van der Waals surface area contributed by atoms with Crippen molar-refractivity contribution >= 4 is 33.6 Å². The van der Waals surface area contributed by atoms with Gasteiger partial charge >= 0.3 is 0 Å². The monoisotopic (exact) mass is 433 g/mol. The molecule has 0 atom stereocenters. The van der Waals surface area contributed by atoms with E-state index in [0.29, 0.717) is 23.2 Å². The van der Waals surface area contributed by atoms with Crippen LogP contribution in [0.25, 0.3) is 21.8 Å². The van der Waals surface area contributed by atoms with Crippen LogP contribution in [0.5, 0.6) is 0 Å². The molecule has 1 aromatic heterocycles. The lowest BCUT2D eigenvalue weighted by Gasteiger charge is -2.17. The maximum atomic E-state index is 14.3. The zero-order chi connectivity index (χ0) is 22.4. The van der Waals surface area contributed by atoms with Crippen LogP contribution in [0.1, 0.15) is 31.8 Å². The van der Waals surface area contributed by atoms with Crippen molar-refractivity contribution in [2.75, 3.05) is 6.54 Å². The van der Waals surface area contributed by atoms with Gasteiger partial charge in [-0.15, -0.1) is 0 Å². The number of aromatic nitrogens is 1. The van der Waals surface area contributed by atoms with Crippen LogP contribution in [-0.2, 0) is 13.0 Å². The number of carbonyl (C=O) groups excluding carboxylic acids is 2. The Balaban J connectivity index is 1.50. The predicted octanol–water partition coefficient (Wildman–Crippen LogP) is 3.18. The molecule has 0 fully saturated rings. The molecule has 2 amide bonds. The molecule has 0 bridgehead atoms. The minimum absolute atomic E-state index is 0.0426. The number of rotatable bonds is 3. The minimum Gasteiger partial charge on any atom is -0.354 e. The van der Waals surface area contributed by atoms with E-state index in [0.717, 1.165) is 30.2 Å². The molecule has 2 heterocycles. The Bertz CT molecular complexity index is 1490. The van der Waals surface area contributed by atoms with Crippen LogP contribution in [0, 0.1) is 11.6 Å². The molecule has 1 aliphatic heterocycles. The van der Waals surface area contributed by atoms with E-state index in [2.05, 4.69) is 15.6 Å². The molecule has 0 spiro atoms. The number of amides is 2. The lowest BCUT2D eigenvalue weighted by Crippen LogP contribution is -2.32. The van der Waals surface area contributed by atoms with Gasteiger partial charge in [-0.05, 0) is 53.9 Å². The summed E-state index contributed by atoms with van der Waals surface area (Å²) in [6, 6.07) is 11.1. The molecule has 4 aromatic rings. The van der Waals surface area contributed by atoms with Gasteiger partial charge < -0.3 is 15.6 Å². The third-order valence-corrected chi connectivity index (χ3v) is 5.63. The Hall–Kier alpha value is -4.07. The van der Waals surface area contributed by atoms with Crippen molar-refractivity contribution in [3.63, 3.8) is 0 Å². The van der Waals surface area contributed by atoms with Gasteiger partial charge in [0.15, 0.2) is 5.43 Å². The van der Waals surface area contributed by atoms with E-state index >= 15 is 0 Å². The molecular formula is C24H17F2N3O3. The summed E-state index contributed by atoms with van der Waals surface area (Å²) in [5.74, 6) is -2.09. The maximum absolute atomic E-state index is 14.3. The first-order chi connectivity index (χ1) is 15.4. The minimum atomic E-state index is -0.755. The normalized spacial score (nSPS) is 13.1. The van der Waals surface area contributed by atoms with Crippen molar-refractivity contribution in [2.45, 2.75) is 13.0 Å². The maximum Gasteiger partial charge on any atom is 0.253 e. The molecule has 0 unspecified atom stereocenters. The van der Waals surface area contributed by atoms with Gasteiger partial charge in [0.1, 0.15) is 11.6 Å². The highest BCUT2D eigenvalue weighted by Crippen LogP contribution is 2.21. The molecule has 6 nitrogen and oxygen atoms in total. The third-order valence-electron chi connectivity index (χ3n) is 5.63. The van der Waals surface area contributed by atoms with Crippen LogP contribution >= 0.6 is 0 Å². The first-order valence-corrected chi connectivity index (χ1v) is 10.0. The van der Waals surface area contributed by atoms with Crippen LogP contribution in [0.3, 0.4) is 0 Å². The Morgan fingerprint density at radius 2 is 1.78 bits per heavy atom. The van der Waals surface area contributed by atoms with Crippen molar-refractivity contribution in [1.29, 1.82) is 0 Å². The van der Waals surface area contributed by atoms with Crippen molar-refractivity contribution in [2.24, 2.45) is 0 Å². The van der Waals surface area contributed by atoms with Gasteiger partial charge in [0.05, 0.1) is 11.1 Å². The second kappa shape index (κ2) is 7.56. The SMILES string of the molecule is O=C1NCCc2ccc(CNC(=O)c3cc(F)cc4c(=O)c5cc(F)ccc5[nH]c34)cc21. The average Bonchev–Trinajstić information content (AvgIpc) is 2.78. The Morgan fingerprint density at radius 3 is 2.62 bits per heavy atom. The molecule has 8 heteroatoms. The Labute approximate surface area is 180 Å². The molecule has 32 heavy (non-hydrogen) atoms. The fourth-order valence-electron chi connectivity index (χ4n) is 4.04. The second-order valence-corrected chi connectivity index (χ2v) is 7.70. The highest BCUT2D eigenvalue weighted by atomic mass is 19.1. The number of pyridine rings is 1. The molecular weight excluding hydrogens is 416 g/mol. The standard InChI is InChI=1S/C24H17F2N3O3/c25-14-3-4-20-17(8-14)22(30)18-9-15(26)10-19(21(18)29-20)24(32)28-11-12-1-2-13-5-6-27-23(31)16(13)7-12/h1-4,7-10H,5-6,11H2,(H,27,31)(H,28,32)(H,29,30). The number of carbonyl (C=O) groups is 2. The summed E-state index contributed by atoms with van der Waals surface area (Å²) in [6.07, 6.45) is 0.744. The molecule has 0 saturated carbocycles. The van der Waals surface area contributed by atoms with E-state index in [1.165, 1.54) is 12.1 Å². The molecule has 3 N–H and O–H groups in total.